The molecule has 0 radical (unpaired) electrons. The Morgan fingerprint density at radius 1 is 1.39 bits per heavy atom. The van der Waals surface area contributed by atoms with Gasteiger partial charge in [0.1, 0.15) is 0 Å². The number of alkyl halides is 1. The van der Waals surface area contributed by atoms with Crippen LogP contribution in [0.4, 0.5) is 4.39 Å². The average molecular weight is 343 g/mol. The summed E-state index contributed by atoms with van der Waals surface area (Å²) in [7, 11) is 0. The third-order valence-corrected chi connectivity index (χ3v) is 4.80. The topological polar surface area (TPSA) is 35.5 Å². The number of carbonyl (C=O) groups excluding carboxylic acids is 1. The minimum Gasteiger partial charge on any atom is -0.466 e. The summed E-state index contributed by atoms with van der Waals surface area (Å²) in [5, 5.41) is 0.576. The van der Waals surface area contributed by atoms with E-state index in [0.717, 1.165) is 11.1 Å². The lowest BCUT2D eigenvalue weighted by Crippen LogP contribution is -2.36. The van der Waals surface area contributed by atoms with Crippen LogP contribution in [0.5, 0.6) is 0 Å². The summed E-state index contributed by atoms with van der Waals surface area (Å²) in [6, 6.07) is 5.67. The molecule has 0 bridgehead atoms. The molecule has 3 nitrogen and oxygen atoms in total. The molecule has 1 fully saturated rings. The van der Waals surface area contributed by atoms with E-state index in [1.807, 2.05) is 25.1 Å². The van der Waals surface area contributed by atoms with Crippen molar-refractivity contribution in [2.24, 2.45) is 0 Å². The van der Waals surface area contributed by atoms with Crippen molar-refractivity contribution < 1.29 is 18.7 Å². The van der Waals surface area contributed by atoms with Gasteiger partial charge in [-0.2, -0.15) is 0 Å². The van der Waals surface area contributed by atoms with Crippen LogP contribution in [0.2, 0.25) is 5.02 Å². The second kappa shape index (κ2) is 8.11. The van der Waals surface area contributed by atoms with Crippen LogP contribution >= 0.6 is 11.6 Å². The first-order chi connectivity index (χ1) is 11.0. The fourth-order valence-corrected chi connectivity index (χ4v) is 3.30. The second-order valence-electron chi connectivity index (χ2n) is 6.21. The van der Waals surface area contributed by atoms with Crippen molar-refractivity contribution in [3.63, 3.8) is 0 Å². The number of ether oxygens (including phenoxy) is 2. The number of esters is 1. The highest BCUT2D eigenvalue weighted by molar-refractivity contribution is 6.30. The van der Waals surface area contributed by atoms with E-state index in [9.17, 15) is 9.18 Å². The SMILES string of the molecule is CCOC(=O)C[C@H](C)c1cc(Cl)cc(C2(CF)CCOCC2)c1. The lowest BCUT2D eigenvalue weighted by atomic mass is 9.74. The van der Waals surface area contributed by atoms with Gasteiger partial charge in [-0.1, -0.05) is 24.6 Å². The van der Waals surface area contributed by atoms with Gasteiger partial charge in [0.25, 0.3) is 0 Å². The highest BCUT2D eigenvalue weighted by atomic mass is 35.5. The quantitative estimate of drug-likeness (QED) is 0.718. The van der Waals surface area contributed by atoms with Crippen LogP contribution in [0.3, 0.4) is 0 Å². The van der Waals surface area contributed by atoms with Gasteiger partial charge in [-0.25, -0.2) is 0 Å². The first-order valence-corrected chi connectivity index (χ1v) is 8.49. The predicted octanol–water partition coefficient (Wildman–Crippen LogP) is 4.41. The molecular formula is C18H24ClFO3. The molecule has 1 saturated heterocycles. The number of hydrogen-bond donors (Lipinski definition) is 0. The van der Waals surface area contributed by atoms with E-state index in [0.29, 0.717) is 44.1 Å². The normalized spacial score (nSPS) is 18.4. The second-order valence-corrected chi connectivity index (χ2v) is 6.65. The third-order valence-electron chi connectivity index (χ3n) is 4.59. The average Bonchev–Trinajstić information content (AvgIpc) is 2.55. The molecule has 0 amide bonds. The summed E-state index contributed by atoms with van der Waals surface area (Å²) >= 11 is 6.26. The van der Waals surface area contributed by atoms with Crippen molar-refractivity contribution in [2.75, 3.05) is 26.5 Å². The lowest BCUT2D eigenvalue weighted by molar-refractivity contribution is -0.143. The highest BCUT2D eigenvalue weighted by Crippen LogP contribution is 2.38. The first-order valence-electron chi connectivity index (χ1n) is 8.11. The van der Waals surface area contributed by atoms with Gasteiger partial charge in [-0.15, -0.1) is 0 Å². The Labute approximate surface area is 142 Å². The zero-order valence-corrected chi connectivity index (χ0v) is 14.5. The summed E-state index contributed by atoms with van der Waals surface area (Å²) in [5.41, 5.74) is 1.32. The van der Waals surface area contributed by atoms with E-state index in [1.54, 1.807) is 6.92 Å². The van der Waals surface area contributed by atoms with Gasteiger partial charge in [-0.3, -0.25) is 9.18 Å². The Hall–Kier alpha value is -1.13. The van der Waals surface area contributed by atoms with Gasteiger partial charge in [0.15, 0.2) is 0 Å². The van der Waals surface area contributed by atoms with Gasteiger partial charge in [0, 0.05) is 23.7 Å². The standard InChI is InChI=1S/C18H24ClFO3/c1-3-23-17(21)8-13(2)14-9-15(11-16(19)10-14)18(12-20)4-6-22-7-5-18/h9-11,13H,3-8,12H2,1-2H3/t13-/m0/s1. The van der Waals surface area contributed by atoms with Gasteiger partial charge in [0.05, 0.1) is 19.7 Å². The third kappa shape index (κ3) is 4.45. The van der Waals surface area contributed by atoms with Gasteiger partial charge in [-0.05, 0) is 48.9 Å². The van der Waals surface area contributed by atoms with Crippen molar-refractivity contribution >= 4 is 17.6 Å². The zero-order valence-electron chi connectivity index (χ0n) is 13.7. The number of rotatable bonds is 6. The van der Waals surface area contributed by atoms with Crippen molar-refractivity contribution in [1.82, 2.24) is 0 Å². The molecule has 0 saturated carbocycles. The molecule has 1 aromatic rings. The summed E-state index contributed by atoms with van der Waals surface area (Å²) in [4.78, 5) is 11.7. The van der Waals surface area contributed by atoms with Crippen molar-refractivity contribution in [3.8, 4) is 0 Å². The maximum atomic E-state index is 13.8. The summed E-state index contributed by atoms with van der Waals surface area (Å²) in [6.07, 6.45) is 1.59. The molecule has 1 aliphatic rings. The van der Waals surface area contributed by atoms with Crippen molar-refractivity contribution in [1.29, 1.82) is 0 Å². The number of benzene rings is 1. The Balaban J connectivity index is 2.25. The monoisotopic (exact) mass is 342 g/mol. The van der Waals surface area contributed by atoms with Crippen molar-refractivity contribution in [3.05, 3.63) is 34.3 Å². The van der Waals surface area contributed by atoms with Crippen LogP contribution < -0.4 is 0 Å². The fourth-order valence-electron chi connectivity index (χ4n) is 3.05. The van der Waals surface area contributed by atoms with Crippen LogP contribution in [-0.2, 0) is 19.7 Å². The molecule has 128 valence electrons. The molecule has 0 aromatic heterocycles. The van der Waals surface area contributed by atoms with Crippen LogP contribution in [0, 0.1) is 0 Å². The summed E-state index contributed by atoms with van der Waals surface area (Å²) in [6.45, 7) is 4.81. The van der Waals surface area contributed by atoms with E-state index < -0.39 is 12.1 Å². The summed E-state index contributed by atoms with van der Waals surface area (Å²) in [5.74, 6) is -0.254. The minimum atomic E-state index is -0.526. The van der Waals surface area contributed by atoms with Crippen molar-refractivity contribution in [2.45, 2.75) is 44.4 Å². The van der Waals surface area contributed by atoms with Crippen LogP contribution in [-0.4, -0.2) is 32.5 Å². The molecule has 1 aromatic carbocycles. The van der Waals surface area contributed by atoms with E-state index in [2.05, 4.69) is 0 Å². The lowest BCUT2D eigenvalue weighted by Gasteiger charge is -2.35. The highest BCUT2D eigenvalue weighted by Gasteiger charge is 2.35. The fraction of sp³-hybridized carbons (Fsp3) is 0.611. The molecule has 1 atom stereocenters. The number of hydrogen-bond acceptors (Lipinski definition) is 3. The Morgan fingerprint density at radius 2 is 2.09 bits per heavy atom. The molecule has 0 spiro atoms. The molecular weight excluding hydrogens is 319 g/mol. The largest absolute Gasteiger partial charge is 0.466 e. The van der Waals surface area contributed by atoms with Crippen LogP contribution in [0.25, 0.3) is 0 Å². The van der Waals surface area contributed by atoms with E-state index in [4.69, 9.17) is 21.1 Å². The van der Waals surface area contributed by atoms with E-state index >= 15 is 0 Å². The molecule has 2 rings (SSSR count). The van der Waals surface area contributed by atoms with Gasteiger partial charge < -0.3 is 9.47 Å². The van der Waals surface area contributed by atoms with Crippen LogP contribution in [0.1, 0.15) is 50.2 Å². The molecule has 1 heterocycles. The Bertz CT molecular complexity index is 541. The van der Waals surface area contributed by atoms with E-state index in [1.165, 1.54) is 0 Å². The first kappa shape index (κ1) is 18.2. The Morgan fingerprint density at radius 3 is 2.70 bits per heavy atom. The maximum absolute atomic E-state index is 13.8. The number of halogens is 2. The van der Waals surface area contributed by atoms with Gasteiger partial charge in [0.2, 0.25) is 0 Å². The molecule has 0 aliphatic carbocycles. The van der Waals surface area contributed by atoms with E-state index in [-0.39, 0.29) is 11.9 Å². The molecule has 0 N–H and O–H groups in total. The predicted molar refractivity (Wildman–Crippen MR) is 88.8 cm³/mol. The Kier molecular flexibility index (Phi) is 6.42. The van der Waals surface area contributed by atoms with Crippen LogP contribution in [0.15, 0.2) is 18.2 Å². The molecule has 5 heteroatoms. The summed E-state index contributed by atoms with van der Waals surface area (Å²) < 4.78 is 24.2. The zero-order chi connectivity index (χ0) is 16.9. The smallest absolute Gasteiger partial charge is 0.306 e. The molecule has 1 aliphatic heterocycles. The molecule has 23 heavy (non-hydrogen) atoms. The molecule has 0 unspecified atom stereocenters. The number of carbonyl (C=O) groups is 1. The minimum absolute atomic E-state index is 0.0250. The maximum Gasteiger partial charge on any atom is 0.306 e. The van der Waals surface area contributed by atoms with Gasteiger partial charge >= 0.3 is 5.97 Å².